The lowest BCUT2D eigenvalue weighted by atomic mass is 10.1. The molecule has 0 spiro atoms. The number of thiazole rings is 1. The van der Waals surface area contributed by atoms with Crippen molar-refractivity contribution in [2.24, 2.45) is 9.98 Å². The Morgan fingerprint density at radius 1 is 0.719 bits per heavy atom. The fraction of sp³-hybridized carbons (Fsp3) is 0.174. The highest BCUT2D eigenvalue weighted by Crippen LogP contribution is 2.34. The first-order valence-corrected chi connectivity index (χ1v) is 10.8. The Morgan fingerprint density at radius 3 is 2.03 bits per heavy atom. The molecule has 0 saturated carbocycles. The van der Waals surface area contributed by atoms with Crippen LogP contribution in [0, 0.1) is 0 Å². The second-order valence-corrected chi connectivity index (χ2v) is 8.29. The topological polar surface area (TPSA) is 74.8 Å². The van der Waals surface area contributed by atoms with Gasteiger partial charge in [0.2, 0.25) is 0 Å². The van der Waals surface area contributed by atoms with Gasteiger partial charge in [0.1, 0.15) is 17.4 Å². The normalized spacial score (nSPS) is 14.8. The average molecular weight is 486 g/mol. The lowest BCUT2D eigenvalue weighted by molar-refractivity contribution is 0.597. The molecule has 0 aliphatic carbocycles. The smallest absolute Gasteiger partial charge is 0.163 e. The maximum absolute atomic E-state index is 6.15. The van der Waals surface area contributed by atoms with Gasteiger partial charge in [-0.05, 0) is 30.3 Å². The van der Waals surface area contributed by atoms with Gasteiger partial charge in [0.05, 0.1) is 23.3 Å². The number of furan rings is 1. The van der Waals surface area contributed by atoms with E-state index in [2.05, 4.69) is 63.1 Å². The van der Waals surface area contributed by atoms with Gasteiger partial charge in [-0.15, -0.1) is 36.2 Å². The van der Waals surface area contributed by atoms with Gasteiger partial charge in [0, 0.05) is 29.8 Å². The number of hydrogen-bond donors (Lipinski definition) is 2. The third-order valence-electron chi connectivity index (χ3n) is 5.27. The first kappa shape index (κ1) is 22.3. The molecule has 2 aromatic heterocycles. The van der Waals surface area contributed by atoms with Crippen molar-refractivity contribution in [3.63, 3.8) is 0 Å². The Labute approximate surface area is 201 Å². The van der Waals surface area contributed by atoms with Crippen LogP contribution < -0.4 is 10.6 Å². The summed E-state index contributed by atoms with van der Waals surface area (Å²) in [4.78, 5) is 13.7. The van der Waals surface area contributed by atoms with Crippen LogP contribution in [-0.2, 0) is 0 Å². The van der Waals surface area contributed by atoms with Crippen LogP contribution in [0.1, 0.15) is 11.1 Å². The number of nitrogens with zero attached hydrogens (tertiary/aromatic N) is 3. The van der Waals surface area contributed by atoms with Crippen molar-refractivity contribution in [1.82, 2.24) is 15.6 Å². The van der Waals surface area contributed by atoms with Crippen molar-refractivity contribution in [3.05, 3.63) is 65.7 Å². The Bertz CT molecular complexity index is 1310. The highest BCUT2D eigenvalue weighted by atomic mass is 35.5. The summed E-state index contributed by atoms with van der Waals surface area (Å²) in [5.74, 6) is 3.56. The second kappa shape index (κ2) is 9.32. The van der Waals surface area contributed by atoms with Crippen LogP contribution in [0.25, 0.3) is 32.3 Å². The Balaban J connectivity index is 0.00000122. The first-order valence-electron chi connectivity index (χ1n) is 10.0. The predicted molar refractivity (Wildman–Crippen MR) is 136 cm³/mol. The molecule has 0 amide bonds. The Morgan fingerprint density at radius 2 is 1.34 bits per heavy atom. The minimum Gasteiger partial charge on any atom is -0.454 e. The van der Waals surface area contributed by atoms with Crippen LogP contribution in [0.3, 0.4) is 0 Å². The molecule has 2 aliphatic rings. The number of fused-ring (bicyclic) bond motifs is 1. The zero-order valence-corrected chi connectivity index (χ0v) is 19.4. The largest absolute Gasteiger partial charge is 0.454 e. The molecule has 0 atom stereocenters. The van der Waals surface area contributed by atoms with Gasteiger partial charge in [-0.1, -0.05) is 24.3 Å². The SMILES string of the molecule is Cl.Cl.c1cc(-c2ccc(-c3nc4ccc(C5=NCCN5)cc4s3)o2)ccc1C1=NCCN1. The van der Waals surface area contributed by atoms with Crippen LogP contribution >= 0.6 is 36.2 Å². The summed E-state index contributed by atoms with van der Waals surface area (Å²) in [6.07, 6.45) is 0. The molecule has 0 radical (unpaired) electrons. The van der Waals surface area contributed by atoms with Crippen LogP contribution in [-0.4, -0.2) is 42.8 Å². The minimum absolute atomic E-state index is 0. The van der Waals surface area contributed by atoms with Crippen molar-refractivity contribution in [2.75, 3.05) is 26.2 Å². The Hall–Kier alpha value is -2.87. The Kier molecular flexibility index (Phi) is 6.50. The summed E-state index contributed by atoms with van der Waals surface area (Å²) in [6, 6.07) is 18.6. The van der Waals surface area contributed by atoms with Gasteiger partial charge in [0.25, 0.3) is 0 Å². The molecule has 0 fully saturated rings. The molecule has 6 rings (SSSR count). The predicted octanol–water partition coefficient (Wildman–Crippen LogP) is 4.77. The summed E-state index contributed by atoms with van der Waals surface area (Å²) in [5.41, 5.74) is 4.23. The lowest BCUT2D eigenvalue weighted by Crippen LogP contribution is -2.19. The average Bonchev–Trinajstić information content (AvgIpc) is 3.58. The number of hydrogen-bond acceptors (Lipinski definition) is 7. The summed E-state index contributed by atoms with van der Waals surface area (Å²) in [5, 5.41) is 7.51. The zero-order chi connectivity index (χ0) is 19.9. The van der Waals surface area contributed by atoms with E-state index in [-0.39, 0.29) is 24.8 Å². The highest BCUT2D eigenvalue weighted by molar-refractivity contribution is 7.21. The maximum Gasteiger partial charge on any atom is 0.163 e. The summed E-state index contributed by atoms with van der Waals surface area (Å²) in [7, 11) is 0. The summed E-state index contributed by atoms with van der Waals surface area (Å²) in [6.45, 7) is 3.49. The van der Waals surface area contributed by atoms with Crippen molar-refractivity contribution < 1.29 is 4.42 Å². The molecule has 9 heteroatoms. The molecule has 4 heterocycles. The number of aliphatic imine (C=N–C) groups is 2. The van der Waals surface area contributed by atoms with E-state index < -0.39 is 0 Å². The molecule has 2 aromatic carbocycles. The van der Waals surface area contributed by atoms with Crippen molar-refractivity contribution in [3.8, 4) is 22.1 Å². The van der Waals surface area contributed by atoms with E-state index in [1.165, 1.54) is 0 Å². The van der Waals surface area contributed by atoms with Crippen LogP contribution in [0.4, 0.5) is 0 Å². The monoisotopic (exact) mass is 485 g/mol. The van der Waals surface area contributed by atoms with Crippen molar-refractivity contribution in [1.29, 1.82) is 0 Å². The standard InChI is InChI=1S/C23H19N5OS.2ClH/c1-3-15(21-24-9-10-25-21)4-2-14(1)18-7-8-19(29-18)23-28-17-6-5-16(13-20(17)30-23)22-26-11-12-27-22;;/h1-8,13H,9-12H2,(H,24,25)(H,26,27);2*1H. The number of halogens is 2. The second-order valence-electron chi connectivity index (χ2n) is 7.26. The number of benzene rings is 2. The minimum atomic E-state index is 0. The van der Waals surface area contributed by atoms with Gasteiger partial charge in [0.15, 0.2) is 10.8 Å². The summed E-state index contributed by atoms with van der Waals surface area (Å²) >= 11 is 1.64. The molecule has 0 bridgehead atoms. The molecule has 4 aromatic rings. The number of rotatable bonds is 4. The maximum atomic E-state index is 6.15. The lowest BCUT2D eigenvalue weighted by Gasteiger charge is -2.03. The van der Waals surface area contributed by atoms with Gasteiger partial charge >= 0.3 is 0 Å². The van der Waals surface area contributed by atoms with Crippen molar-refractivity contribution >= 4 is 58.0 Å². The van der Waals surface area contributed by atoms with E-state index in [9.17, 15) is 0 Å². The van der Waals surface area contributed by atoms with Gasteiger partial charge in [-0.2, -0.15) is 0 Å². The molecular weight excluding hydrogens is 465 g/mol. The number of aromatic nitrogens is 1. The van der Waals surface area contributed by atoms with E-state index in [4.69, 9.17) is 9.40 Å². The first-order chi connectivity index (χ1) is 14.8. The van der Waals surface area contributed by atoms with Crippen LogP contribution in [0.2, 0.25) is 0 Å². The van der Waals surface area contributed by atoms with Crippen LogP contribution in [0.15, 0.2) is 69.0 Å². The highest BCUT2D eigenvalue weighted by Gasteiger charge is 2.15. The summed E-state index contributed by atoms with van der Waals surface area (Å²) < 4.78 is 7.28. The van der Waals surface area contributed by atoms with Crippen molar-refractivity contribution in [2.45, 2.75) is 0 Å². The molecule has 0 saturated heterocycles. The molecule has 0 unspecified atom stereocenters. The van der Waals surface area contributed by atoms with Gasteiger partial charge in [-0.3, -0.25) is 9.98 Å². The molecular formula is C23H21Cl2N5OS. The molecule has 32 heavy (non-hydrogen) atoms. The molecule has 2 aliphatic heterocycles. The van der Waals surface area contributed by atoms with Crippen LogP contribution in [0.5, 0.6) is 0 Å². The molecule has 2 N–H and O–H groups in total. The van der Waals surface area contributed by atoms with E-state index in [1.807, 2.05) is 12.1 Å². The quantitative estimate of drug-likeness (QED) is 0.436. The third-order valence-corrected chi connectivity index (χ3v) is 6.30. The van der Waals surface area contributed by atoms with E-state index in [0.29, 0.717) is 0 Å². The van der Waals surface area contributed by atoms with Gasteiger partial charge in [-0.25, -0.2) is 4.98 Å². The number of nitrogens with one attached hydrogen (secondary N) is 2. The fourth-order valence-corrected chi connectivity index (χ4v) is 4.73. The number of amidine groups is 2. The van der Waals surface area contributed by atoms with E-state index in [0.717, 1.165) is 81.3 Å². The fourth-order valence-electron chi connectivity index (χ4n) is 3.76. The van der Waals surface area contributed by atoms with E-state index in [1.54, 1.807) is 11.3 Å². The zero-order valence-electron chi connectivity index (χ0n) is 17.0. The van der Waals surface area contributed by atoms with Gasteiger partial charge < -0.3 is 15.1 Å². The molecule has 164 valence electrons. The van der Waals surface area contributed by atoms with E-state index >= 15 is 0 Å². The molecule has 6 nitrogen and oxygen atoms in total. The third kappa shape index (κ3) is 4.11.